The van der Waals surface area contributed by atoms with E-state index in [1.807, 2.05) is 25.7 Å². The van der Waals surface area contributed by atoms with Crippen molar-refractivity contribution in [2.75, 3.05) is 13.6 Å². The number of aliphatic imine (C=N–C) groups is 2. The van der Waals surface area contributed by atoms with Crippen LogP contribution in [0.4, 0.5) is 0 Å². The normalized spacial score (nSPS) is 28.3. The third-order valence-corrected chi connectivity index (χ3v) is 2.11. The molecule has 0 N–H and O–H groups in total. The molecule has 0 spiro atoms. The highest BCUT2D eigenvalue weighted by Crippen LogP contribution is 2.17. The first-order chi connectivity index (χ1) is 5.36. The lowest BCUT2D eigenvalue weighted by Crippen LogP contribution is -2.35. The van der Waals surface area contributed by atoms with Gasteiger partial charge in [0.05, 0.1) is 18.9 Å². The van der Waals surface area contributed by atoms with Gasteiger partial charge in [-0.05, 0) is 6.08 Å². The summed E-state index contributed by atoms with van der Waals surface area (Å²) in [6.07, 6.45) is 6.76. The molecule has 0 aromatic heterocycles. The second-order valence-electron chi connectivity index (χ2n) is 2.94. The molecule has 0 aliphatic carbocycles. The summed E-state index contributed by atoms with van der Waals surface area (Å²) in [5.41, 5.74) is 1.15. The minimum Gasteiger partial charge on any atom is -0.360 e. The molecule has 2 rings (SSSR count). The largest absolute Gasteiger partial charge is 0.360 e. The average Bonchev–Trinajstić information content (AvgIpc) is 2.21. The Morgan fingerprint density at radius 1 is 1.64 bits per heavy atom. The van der Waals surface area contributed by atoms with Crippen LogP contribution in [-0.2, 0) is 0 Å². The van der Waals surface area contributed by atoms with Gasteiger partial charge in [0, 0.05) is 25.4 Å². The van der Waals surface area contributed by atoms with Gasteiger partial charge in [-0.3, -0.25) is 4.99 Å². The molecule has 0 fully saturated rings. The Balaban J connectivity index is 2.31. The van der Waals surface area contributed by atoms with Crippen molar-refractivity contribution in [1.29, 1.82) is 0 Å². The Kier molecular flexibility index (Phi) is 1.49. The van der Waals surface area contributed by atoms with Crippen molar-refractivity contribution in [3.63, 3.8) is 0 Å². The maximum absolute atomic E-state index is 4.26. The molecule has 2 bridgehead atoms. The summed E-state index contributed by atoms with van der Waals surface area (Å²) in [6.45, 7) is 0.891. The van der Waals surface area contributed by atoms with Crippen LogP contribution in [-0.4, -0.2) is 37.1 Å². The minimum atomic E-state index is 0.525. The van der Waals surface area contributed by atoms with Crippen molar-refractivity contribution < 1.29 is 0 Å². The fourth-order valence-electron chi connectivity index (χ4n) is 1.32. The molecule has 0 aromatic rings. The van der Waals surface area contributed by atoms with E-state index in [2.05, 4.69) is 14.9 Å². The number of fused-ring (bicyclic) bond motifs is 2. The molecule has 2 aliphatic heterocycles. The van der Waals surface area contributed by atoms with E-state index in [1.54, 1.807) is 0 Å². The van der Waals surface area contributed by atoms with Crippen LogP contribution in [0.3, 0.4) is 0 Å². The van der Waals surface area contributed by atoms with Gasteiger partial charge in [-0.25, -0.2) is 4.99 Å². The lowest BCUT2D eigenvalue weighted by molar-refractivity contribution is 0.367. The van der Waals surface area contributed by atoms with Gasteiger partial charge in [0.2, 0.25) is 0 Å². The predicted octanol–water partition coefficient (Wildman–Crippen LogP) is 0.687. The molecule has 0 saturated carbocycles. The first-order valence-corrected chi connectivity index (χ1v) is 3.81. The summed E-state index contributed by atoms with van der Waals surface area (Å²) >= 11 is 0. The van der Waals surface area contributed by atoms with Gasteiger partial charge in [-0.15, -0.1) is 0 Å². The van der Waals surface area contributed by atoms with E-state index < -0.39 is 0 Å². The van der Waals surface area contributed by atoms with Crippen LogP contribution in [0.25, 0.3) is 0 Å². The number of hydrogen-bond acceptors (Lipinski definition) is 3. The second-order valence-corrected chi connectivity index (χ2v) is 2.94. The van der Waals surface area contributed by atoms with Crippen molar-refractivity contribution >= 4 is 12.6 Å². The van der Waals surface area contributed by atoms with Gasteiger partial charge < -0.3 is 4.90 Å². The lowest BCUT2D eigenvalue weighted by Gasteiger charge is -2.27. The van der Waals surface area contributed by atoms with Crippen LogP contribution < -0.4 is 0 Å². The monoisotopic (exact) mass is 149 g/mol. The third-order valence-electron chi connectivity index (χ3n) is 2.11. The Labute approximate surface area is 66.1 Å². The molecule has 2 aliphatic rings. The second kappa shape index (κ2) is 2.49. The molecule has 58 valence electrons. The van der Waals surface area contributed by atoms with Crippen molar-refractivity contribution in [2.24, 2.45) is 9.98 Å². The maximum atomic E-state index is 4.26. The van der Waals surface area contributed by atoms with Crippen LogP contribution in [0.5, 0.6) is 0 Å². The van der Waals surface area contributed by atoms with E-state index in [1.165, 1.54) is 0 Å². The Morgan fingerprint density at radius 2 is 2.55 bits per heavy atom. The summed E-state index contributed by atoms with van der Waals surface area (Å²) in [6, 6.07) is 0.525. The minimum absolute atomic E-state index is 0.525. The van der Waals surface area contributed by atoms with Crippen molar-refractivity contribution in [3.05, 3.63) is 11.8 Å². The van der Waals surface area contributed by atoms with Gasteiger partial charge in [-0.2, -0.15) is 0 Å². The van der Waals surface area contributed by atoms with E-state index in [0.717, 1.165) is 18.7 Å². The van der Waals surface area contributed by atoms with Crippen LogP contribution >= 0.6 is 0 Å². The van der Waals surface area contributed by atoms with Crippen LogP contribution in [0.2, 0.25) is 0 Å². The molecular weight excluding hydrogens is 138 g/mol. The fourth-order valence-corrected chi connectivity index (χ4v) is 1.32. The standard InChI is InChI=1S/C8H11N3/c1-11-6-10-7-2-3-9-5-8(11)4-7/h2-3,6,8H,4-5H2,1H3. The smallest absolute Gasteiger partial charge is 0.0908 e. The highest BCUT2D eigenvalue weighted by molar-refractivity contribution is 5.74. The van der Waals surface area contributed by atoms with Crippen molar-refractivity contribution in [3.8, 4) is 0 Å². The van der Waals surface area contributed by atoms with E-state index in [-0.39, 0.29) is 0 Å². The topological polar surface area (TPSA) is 28.0 Å². The van der Waals surface area contributed by atoms with Crippen LogP contribution in [0.1, 0.15) is 6.42 Å². The first-order valence-electron chi connectivity index (χ1n) is 3.81. The molecule has 3 nitrogen and oxygen atoms in total. The SMILES string of the molecule is CN1C=NC2=CC=NCC1C2. The lowest BCUT2D eigenvalue weighted by atomic mass is 10.1. The predicted molar refractivity (Wildman–Crippen MR) is 46.1 cm³/mol. The van der Waals surface area contributed by atoms with Gasteiger partial charge in [0.15, 0.2) is 0 Å². The van der Waals surface area contributed by atoms with Crippen LogP contribution in [0.15, 0.2) is 21.8 Å². The number of likely N-dealkylation sites (N-methyl/N-ethyl adjacent to an activating group) is 1. The van der Waals surface area contributed by atoms with Gasteiger partial charge in [0.25, 0.3) is 0 Å². The number of rotatable bonds is 0. The summed E-state index contributed by atoms with van der Waals surface area (Å²) in [5.74, 6) is 0. The highest BCUT2D eigenvalue weighted by Gasteiger charge is 2.18. The number of allylic oxidation sites excluding steroid dienone is 1. The molecule has 1 atom stereocenters. The molecular formula is C8H11N3. The van der Waals surface area contributed by atoms with Gasteiger partial charge in [-0.1, -0.05) is 0 Å². The van der Waals surface area contributed by atoms with Crippen molar-refractivity contribution in [1.82, 2.24) is 4.90 Å². The molecule has 0 aromatic carbocycles. The van der Waals surface area contributed by atoms with Gasteiger partial charge in [0.1, 0.15) is 0 Å². The van der Waals surface area contributed by atoms with E-state index >= 15 is 0 Å². The molecule has 0 radical (unpaired) electrons. The molecule has 0 saturated heterocycles. The zero-order valence-corrected chi connectivity index (χ0v) is 6.57. The molecule has 0 amide bonds. The van der Waals surface area contributed by atoms with E-state index in [4.69, 9.17) is 0 Å². The van der Waals surface area contributed by atoms with Crippen LogP contribution in [0, 0.1) is 0 Å². The third kappa shape index (κ3) is 1.18. The molecule has 3 heteroatoms. The quantitative estimate of drug-likeness (QED) is 0.498. The number of hydrogen-bond donors (Lipinski definition) is 0. The van der Waals surface area contributed by atoms with E-state index in [0.29, 0.717) is 6.04 Å². The maximum Gasteiger partial charge on any atom is 0.0908 e. The van der Waals surface area contributed by atoms with Gasteiger partial charge >= 0.3 is 0 Å². The summed E-state index contributed by atoms with van der Waals surface area (Å²) in [5, 5.41) is 0. The molecule has 1 unspecified atom stereocenters. The summed E-state index contributed by atoms with van der Waals surface area (Å²) < 4.78 is 0. The average molecular weight is 149 g/mol. The summed E-state index contributed by atoms with van der Waals surface area (Å²) in [4.78, 5) is 10.6. The fraction of sp³-hybridized carbons (Fsp3) is 0.500. The first kappa shape index (κ1) is 6.58. The molecule has 2 heterocycles. The van der Waals surface area contributed by atoms with E-state index in [9.17, 15) is 0 Å². The number of nitrogens with zero attached hydrogens (tertiary/aromatic N) is 3. The zero-order valence-electron chi connectivity index (χ0n) is 6.57. The molecule has 11 heavy (non-hydrogen) atoms. The van der Waals surface area contributed by atoms with Crippen molar-refractivity contribution in [2.45, 2.75) is 12.5 Å². The summed E-state index contributed by atoms with van der Waals surface area (Å²) in [7, 11) is 2.05. The zero-order chi connectivity index (χ0) is 7.68. The Morgan fingerprint density at radius 3 is 3.45 bits per heavy atom. The highest BCUT2D eigenvalue weighted by atomic mass is 15.2. The Hall–Kier alpha value is -1.12. The Bertz CT molecular complexity index is 240.